The van der Waals surface area contributed by atoms with Gasteiger partial charge in [0.15, 0.2) is 5.82 Å². The number of benzene rings is 1. The zero-order valence-electron chi connectivity index (χ0n) is 16.6. The Morgan fingerprint density at radius 2 is 1.90 bits per heavy atom. The van der Waals surface area contributed by atoms with Crippen molar-refractivity contribution in [2.24, 2.45) is 0 Å². The van der Waals surface area contributed by atoms with E-state index in [1.165, 1.54) is 28.3 Å². The van der Waals surface area contributed by atoms with E-state index in [2.05, 4.69) is 15.2 Å². The van der Waals surface area contributed by atoms with Gasteiger partial charge in [-0.3, -0.25) is 4.79 Å². The molecule has 0 amide bonds. The summed E-state index contributed by atoms with van der Waals surface area (Å²) < 4.78 is 8.47. The number of fused-ring (bicyclic) bond motifs is 1. The van der Waals surface area contributed by atoms with E-state index in [4.69, 9.17) is 4.52 Å². The van der Waals surface area contributed by atoms with Gasteiger partial charge in [0.05, 0.1) is 12.3 Å². The molecule has 0 bridgehead atoms. The van der Waals surface area contributed by atoms with Gasteiger partial charge in [-0.05, 0) is 12.8 Å². The third-order valence-electron chi connectivity index (χ3n) is 5.82. The van der Waals surface area contributed by atoms with E-state index in [9.17, 15) is 9.90 Å². The van der Waals surface area contributed by atoms with Crippen LogP contribution in [0.1, 0.15) is 55.3 Å². The maximum atomic E-state index is 13.2. The summed E-state index contributed by atoms with van der Waals surface area (Å²) in [6, 6.07) is 9.53. The molecule has 5 rings (SSSR count). The van der Waals surface area contributed by atoms with Crippen LogP contribution in [0.25, 0.3) is 16.8 Å². The Bertz CT molecular complexity index is 1220. The van der Waals surface area contributed by atoms with E-state index in [-0.39, 0.29) is 18.7 Å². The summed E-state index contributed by atoms with van der Waals surface area (Å²) in [6.07, 6.45) is 9.19. The quantitative estimate of drug-likeness (QED) is 0.548. The van der Waals surface area contributed by atoms with Crippen LogP contribution in [-0.2, 0) is 13.2 Å². The van der Waals surface area contributed by atoms with Gasteiger partial charge in [-0.25, -0.2) is 4.52 Å². The van der Waals surface area contributed by atoms with Crippen molar-refractivity contribution >= 4 is 5.52 Å². The largest absolute Gasteiger partial charge is 0.392 e. The molecule has 0 radical (unpaired) electrons. The molecule has 0 aliphatic heterocycles. The molecular formula is C22H23N5O3. The fraction of sp³-hybridized carbons (Fsp3) is 0.364. The first kappa shape index (κ1) is 18.7. The van der Waals surface area contributed by atoms with Crippen LogP contribution >= 0.6 is 0 Å². The van der Waals surface area contributed by atoms with Crippen LogP contribution in [-0.4, -0.2) is 29.4 Å². The summed E-state index contributed by atoms with van der Waals surface area (Å²) in [7, 11) is 0. The fourth-order valence-electron chi connectivity index (χ4n) is 4.26. The van der Waals surface area contributed by atoms with Crippen molar-refractivity contribution < 1.29 is 9.63 Å². The summed E-state index contributed by atoms with van der Waals surface area (Å²) in [5.74, 6) is 1.50. The minimum Gasteiger partial charge on any atom is -0.392 e. The summed E-state index contributed by atoms with van der Waals surface area (Å²) in [5.41, 5.74) is 2.06. The molecule has 154 valence electrons. The monoisotopic (exact) mass is 405 g/mol. The summed E-state index contributed by atoms with van der Waals surface area (Å²) >= 11 is 0. The Morgan fingerprint density at radius 3 is 2.67 bits per heavy atom. The van der Waals surface area contributed by atoms with E-state index in [0.29, 0.717) is 28.6 Å². The van der Waals surface area contributed by atoms with Crippen molar-refractivity contribution in [1.29, 1.82) is 0 Å². The first-order valence-electron chi connectivity index (χ1n) is 10.3. The molecule has 3 heterocycles. The van der Waals surface area contributed by atoms with E-state index in [1.54, 1.807) is 12.4 Å². The van der Waals surface area contributed by atoms with Crippen LogP contribution in [0.3, 0.4) is 0 Å². The highest BCUT2D eigenvalue weighted by Gasteiger charge is 2.22. The summed E-state index contributed by atoms with van der Waals surface area (Å²) in [4.78, 5) is 17.7. The number of hydrogen-bond donors (Lipinski definition) is 1. The van der Waals surface area contributed by atoms with Crippen LogP contribution in [0.15, 0.2) is 52.0 Å². The van der Waals surface area contributed by atoms with E-state index >= 15 is 0 Å². The van der Waals surface area contributed by atoms with Gasteiger partial charge in [-0.2, -0.15) is 10.1 Å². The molecule has 0 saturated heterocycles. The summed E-state index contributed by atoms with van der Waals surface area (Å²) in [6.45, 7) is -0.0921. The van der Waals surface area contributed by atoms with E-state index in [0.717, 1.165) is 24.2 Å². The van der Waals surface area contributed by atoms with Crippen LogP contribution < -0.4 is 5.56 Å². The first-order chi connectivity index (χ1) is 14.7. The Kier molecular flexibility index (Phi) is 4.92. The zero-order valence-corrected chi connectivity index (χ0v) is 16.6. The van der Waals surface area contributed by atoms with Crippen molar-refractivity contribution in [3.63, 3.8) is 0 Å². The van der Waals surface area contributed by atoms with Crippen LogP contribution in [0, 0.1) is 0 Å². The molecule has 0 unspecified atom stereocenters. The van der Waals surface area contributed by atoms with Crippen LogP contribution in [0.4, 0.5) is 0 Å². The van der Waals surface area contributed by atoms with Crippen molar-refractivity contribution in [2.45, 2.75) is 51.2 Å². The molecule has 1 aromatic carbocycles. The SMILES string of the molecule is O=c1c2c(CO)c(-c3ccccc3)nn2ccn1Cc1nc(C2CCCCC2)no1. The molecule has 0 spiro atoms. The van der Waals surface area contributed by atoms with Gasteiger partial charge in [0.1, 0.15) is 12.1 Å². The van der Waals surface area contributed by atoms with Crippen molar-refractivity contribution in [3.05, 3.63) is 70.4 Å². The Balaban J connectivity index is 1.49. The molecule has 1 N–H and O–H groups in total. The topological polar surface area (TPSA) is 98.4 Å². The van der Waals surface area contributed by atoms with Gasteiger partial charge in [0.25, 0.3) is 5.56 Å². The molecule has 1 aliphatic rings. The Labute approximate surface area is 172 Å². The van der Waals surface area contributed by atoms with E-state index < -0.39 is 0 Å². The highest BCUT2D eigenvalue weighted by molar-refractivity contribution is 5.72. The summed E-state index contributed by atoms with van der Waals surface area (Å²) in [5, 5.41) is 18.6. The smallest absolute Gasteiger partial charge is 0.277 e. The lowest BCUT2D eigenvalue weighted by atomic mass is 9.89. The van der Waals surface area contributed by atoms with E-state index in [1.807, 2.05) is 30.3 Å². The molecule has 3 aromatic heterocycles. The highest BCUT2D eigenvalue weighted by atomic mass is 16.5. The Hall–Kier alpha value is -3.26. The number of aromatic nitrogens is 5. The molecular weight excluding hydrogens is 382 g/mol. The van der Waals surface area contributed by atoms with Crippen molar-refractivity contribution in [2.75, 3.05) is 0 Å². The number of nitrogens with zero attached hydrogens (tertiary/aromatic N) is 5. The van der Waals surface area contributed by atoms with Gasteiger partial charge < -0.3 is 14.2 Å². The second-order valence-corrected chi connectivity index (χ2v) is 7.76. The molecule has 30 heavy (non-hydrogen) atoms. The number of rotatable bonds is 5. The normalized spacial score (nSPS) is 15.1. The molecule has 0 atom stereocenters. The van der Waals surface area contributed by atoms with Gasteiger partial charge in [0.2, 0.25) is 5.89 Å². The average molecular weight is 405 g/mol. The fourth-order valence-corrected chi connectivity index (χ4v) is 4.26. The minimum absolute atomic E-state index is 0.186. The molecule has 4 aromatic rings. The number of hydrogen-bond acceptors (Lipinski definition) is 6. The number of aliphatic hydroxyl groups excluding tert-OH is 1. The Morgan fingerprint density at radius 1 is 1.10 bits per heavy atom. The lowest BCUT2D eigenvalue weighted by molar-refractivity contribution is 0.283. The number of aliphatic hydroxyl groups is 1. The molecule has 8 nitrogen and oxygen atoms in total. The maximum Gasteiger partial charge on any atom is 0.277 e. The molecule has 1 fully saturated rings. The molecule has 1 aliphatic carbocycles. The van der Waals surface area contributed by atoms with Crippen LogP contribution in [0.2, 0.25) is 0 Å². The molecule has 8 heteroatoms. The van der Waals surface area contributed by atoms with Crippen molar-refractivity contribution in [1.82, 2.24) is 24.3 Å². The third-order valence-corrected chi connectivity index (χ3v) is 5.82. The average Bonchev–Trinajstić information content (AvgIpc) is 3.42. The van der Waals surface area contributed by atoms with Gasteiger partial charge in [-0.1, -0.05) is 54.8 Å². The maximum absolute atomic E-state index is 13.2. The lowest BCUT2D eigenvalue weighted by Gasteiger charge is -2.17. The highest BCUT2D eigenvalue weighted by Crippen LogP contribution is 2.31. The lowest BCUT2D eigenvalue weighted by Crippen LogP contribution is -2.22. The third kappa shape index (κ3) is 3.33. The minimum atomic E-state index is -0.278. The predicted octanol–water partition coefficient (Wildman–Crippen LogP) is 3.13. The van der Waals surface area contributed by atoms with Crippen LogP contribution in [0.5, 0.6) is 0 Å². The second kappa shape index (κ2) is 7.87. The molecule has 1 saturated carbocycles. The first-order valence-corrected chi connectivity index (χ1v) is 10.3. The second-order valence-electron chi connectivity index (χ2n) is 7.76. The van der Waals surface area contributed by atoms with Gasteiger partial charge in [0, 0.05) is 29.4 Å². The van der Waals surface area contributed by atoms with Crippen molar-refractivity contribution in [3.8, 4) is 11.3 Å². The van der Waals surface area contributed by atoms with Gasteiger partial charge in [-0.15, -0.1) is 0 Å². The standard InChI is InChI=1S/C22H23N5O3/c28-14-17-19(15-7-3-1-4-8-15)24-27-12-11-26(22(29)20(17)27)13-18-23-21(25-30-18)16-9-5-2-6-10-16/h1,3-4,7-8,11-12,16,28H,2,5-6,9-10,13-14H2. The zero-order chi connectivity index (χ0) is 20.5. The predicted molar refractivity (Wildman–Crippen MR) is 110 cm³/mol. The van der Waals surface area contributed by atoms with Gasteiger partial charge >= 0.3 is 0 Å².